The molecule has 1 fully saturated rings. The van der Waals surface area contributed by atoms with Crippen LogP contribution in [0, 0.1) is 13.8 Å². The lowest BCUT2D eigenvalue weighted by atomic mass is 9.86. The maximum absolute atomic E-state index is 13.5. The van der Waals surface area contributed by atoms with Gasteiger partial charge < -0.3 is 9.47 Å². The summed E-state index contributed by atoms with van der Waals surface area (Å²) in [6.07, 6.45) is 1.21. The van der Waals surface area contributed by atoms with E-state index in [1.54, 1.807) is 24.3 Å². The lowest BCUT2D eigenvalue weighted by molar-refractivity contribution is -0.0345. The number of carbonyl (C=O) groups excluding carboxylic acids is 1. The van der Waals surface area contributed by atoms with E-state index in [0.717, 1.165) is 16.7 Å². The number of benzene rings is 2. The Bertz CT molecular complexity index is 1060. The van der Waals surface area contributed by atoms with Gasteiger partial charge >= 0.3 is 5.97 Å². The van der Waals surface area contributed by atoms with Gasteiger partial charge in [-0.15, -0.1) is 0 Å². The van der Waals surface area contributed by atoms with Crippen LogP contribution in [0.4, 0.5) is 0 Å². The first-order valence-corrected chi connectivity index (χ1v) is 10.7. The number of hydrogen-bond acceptors (Lipinski definition) is 5. The molecule has 0 amide bonds. The van der Waals surface area contributed by atoms with Crippen molar-refractivity contribution in [2.75, 3.05) is 20.2 Å². The lowest BCUT2D eigenvalue weighted by Gasteiger charge is -2.39. The van der Waals surface area contributed by atoms with Crippen molar-refractivity contribution in [3.63, 3.8) is 0 Å². The summed E-state index contributed by atoms with van der Waals surface area (Å²) in [5.41, 5.74) is 2.21. The molecule has 6 nitrogen and oxygen atoms in total. The number of methoxy groups -OCH3 is 1. The Balaban J connectivity index is 1.75. The van der Waals surface area contributed by atoms with E-state index < -0.39 is 21.6 Å². The van der Waals surface area contributed by atoms with Crippen LogP contribution in [-0.4, -0.2) is 38.9 Å². The van der Waals surface area contributed by atoms with Crippen LogP contribution in [0.25, 0.3) is 0 Å². The van der Waals surface area contributed by atoms with Crippen molar-refractivity contribution in [1.82, 2.24) is 4.31 Å². The quantitative estimate of drug-likeness (QED) is 0.739. The van der Waals surface area contributed by atoms with E-state index in [-0.39, 0.29) is 11.4 Å². The molecule has 2 aromatic rings. The van der Waals surface area contributed by atoms with E-state index >= 15 is 0 Å². The van der Waals surface area contributed by atoms with Gasteiger partial charge in [0.05, 0.1) is 19.2 Å². The molecule has 0 N–H and O–H groups in total. The summed E-state index contributed by atoms with van der Waals surface area (Å²) in [6, 6.07) is 10.6. The molecule has 4 rings (SSSR count). The number of carbonyl (C=O) groups is 1. The average Bonchev–Trinajstić information content (AvgIpc) is 2.95. The fourth-order valence-corrected chi connectivity index (χ4v) is 5.85. The Labute approximate surface area is 165 Å². The number of rotatable bonds is 3. The first-order valence-electron chi connectivity index (χ1n) is 9.27. The molecule has 1 unspecified atom stereocenters. The normalized spacial score (nSPS) is 22.2. The van der Waals surface area contributed by atoms with Crippen LogP contribution >= 0.6 is 0 Å². The predicted molar refractivity (Wildman–Crippen MR) is 104 cm³/mol. The number of sulfonamides is 1. The third-order valence-corrected chi connectivity index (χ3v) is 7.61. The monoisotopic (exact) mass is 401 g/mol. The first kappa shape index (κ1) is 19.0. The summed E-state index contributed by atoms with van der Waals surface area (Å²) in [5, 5.41) is 0. The smallest absolute Gasteiger partial charge is 0.339 e. The van der Waals surface area contributed by atoms with Crippen LogP contribution in [0.2, 0.25) is 0 Å². The van der Waals surface area contributed by atoms with E-state index in [9.17, 15) is 13.2 Å². The molecule has 7 heteroatoms. The van der Waals surface area contributed by atoms with E-state index in [2.05, 4.69) is 0 Å². The van der Waals surface area contributed by atoms with Crippen molar-refractivity contribution in [2.45, 2.75) is 37.2 Å². The second-order valence-corrected chi connectivity index (χ2v) is 9.37. The zero-order valence-corrected chi connectivity index (χ0v) is 17.0. The molecular weight excluding hydrogens is 378 g/mol. The SMILES string of the molecule is COc1cc(C)c(C)cc1S(=O)(=O)N1CCCC2(C1)OC(=O)c1ccccc12. The molecule has 0 bridgehead atoms. The summed E-state index contributed by atoms with van der Waals surface area (Å²) in [4.78, 5) is 12.5. The standard InChI is InChI=1S/C21H23NO5S/c1-14-11-18(26-3)19(12-15(14)2)28(24,25)22-10-6-9-21(13-22)17-8-5-4-7-16(17)20(23)27-21/h4-5,7-8,11-12H,6,9-10,13H2,1-3H3. The predicted octanol–water partition coefficient (Wildman–Crippen LogP) is 3.16. The Kier molecular flexibility index (Phi) is 4.47. The minimum Gasteiger partial charge on any atom is -0.495 e. The molecule has 28 heavy (non-hydrogen) atoms. The van der Waals surface area contributed by atoms with Gasteiger partial charge in [-0.3, -0.25) is 0 Å². The molecule has 2 aliphatic rings. The van der Waals surface area contributed by atoms with E-state index in [0.29, 0.717) is 30.7 Å². The maximum Gasteiger partial charge on any atom is 0.339 e. The van der Waals surface area contributed by atoms with Crippen LogP contribution in [-0.2, 0) is 20.4 Å². The Hall–Kier alpha value is -2.38. The summed E-state index contributed by atoms with van der Waals surface area (Å²) >= 11 is 0. The Morgan fingerprint density at radius 2 is 1.86 bits per heavy atom. The number of ether oxygens (including phenoxy) is 2. The fraction of sp³-hybridized carbons (Fsp3) is 0.381. The van der Waals surface area contributed by atoms with E-state index in [1.165, 1.54) is 11.4 Å². The third kappa shape index (κ3) is 2.81. The minimum absolute atomic E-state index is 0.105. The topological polar surface area (TPSA) is 72.9 Å². The number of nitrogens with zero attached hydrogens (tertiary/aromatic N) is 1. The summed E-state index contributed by atoms with van der Waals surface area (Å²) in [6.45, 7) is 4.27. The van der Waals surface area contributed by atoms with Crippen LogP contribution < -0.4 is 4.74 Å². The molecule has 1 saturated heterocycles. The zero-order valence-electron chi connectivity index (χ0n) is 16.2. The Morgan fingerprint density at radius 3 is 2.61 bits per heavy atom. The van der Waals surface area contributed by atoms with Crippen molar-refractivity contribution in [2.24, 2.45) is 0 Å². The molecule has 0 saturated carbocycles. The molecular formula is C21H23NO5S. The van der Waals surface area contributed by atoms with Gasteiger partial charge in [0.2, 0.25) is 10.0 Å². The number of fused-ring (bicyclic) bond motifs is 2. The van der Waals surface area contributed by atoms with Crippen molar-refractivity contribution >= 4 is 16.0 Å². The second-order valence-electron chi connectivity index (χ2n) is 7.46. The first-order chi connectivity index (χ1) is 13.3. The number of hydrogen-bond donors (Lipinski definition) is 0. The second kappa shape index (κ2) is 6.60. The zero-order chi connectivity index (χ0) is 20.1. The number of piperidine rings is 1. The van der Waals surface area contributed by atoms with E-state index in [1.807, 2.05) is 26.0 Å². The molecule has 2 aliphatic heterocycles. The van der Waals surface area contributed by atoms with Gasteiger partial charge in [-0.1, -0.05) is 18.2 Å². The number of esters is 1. The van der Waals surface area contributed by atoms with Gasteiger partial charge in [0.1, 0.15) is 10.6 Å². The van der Waals surface area contributed by atoms with Gasteiger partial charge in [-0.25, -0.2) is 13.2 Å². The van der Waals surface area contributed by atoms with Gasteiger partial charge in [0.25, 0.3) is 0 Å². The average molecular weight is 401 g/mol. The third-order valence-electron chi connectivity index (χ3n) is 5.74. The molecule has 2 aromatic carbocycles. The Morgan fingerprint density at radius 1 is 1.14 bits per heavy atom. The van der Waals surface area contributed by atoms with Gasteiger partial charge in [-0.2, -0.15) is 4.31 Å². The van der Waals surface area contributed by atoms with E-state index in [4.69, 9.17) is 9.47 Å². The van der Waals surface area contributed by atoms with Crippen LogP contribution in [0.5, 0.6) is 5.75 Å². The van der Waals surface area contributed by atoms with Crippen molar-refractivity contribution in [3.05, 3.63) is 58.7 Å². The van der Waals surface area contributed by atoms with Crippen molar-refractivity contribution in [1.29, 1.82) is 0 Å². The van der Waals surface area contributed by atoms with Crippen LogP contribution in [0.3, 0.4) is 0 Å². The van der Waals surface area contributed by atoms with Crippen molar-refractivity contribution < 1.29 is 22.7 Å². The molecule has 0 aromatic heterocycles. The van der Waals surface area contributed by atoms with Gasteiger partial charge in [-0.05, 0) is 56.0 Å². The minimum atomic E-state index is -3.81. The van der Waals surface area contributed by atoms with Crippen molar-refractivity contribution in [3.8, 4) is 5.75 Å². The molecule has 2 heterocycles. The summed E-state index contributed by atoms with van der Waals surface area (Å²) in [7, 11) is -2.34. The highest BCUT2D eigenvalue weighted by atomic mass is 32.2. The molecule has 1 spiro atoms. The molecule has 0 radical (unpaired) electrons. The molecule has 0 aliphatic carbocycles. The largest absolute Gasteiger partial charge is 0.495 e. The van der Waals surface area contributed by atoms with Gasteiger partial charge in [0, 0.05) is 12.1 Å². The number of aryl methyl sites for hydroxylation is 2. The highest BCUT2D eigenvalue weighted by molar-refractivity contribution is 7.89. The molecule has 1 atom stereocenters. The lowest BCUT2D eigenvalue weighted by Crippen LogP contribution is -2.48. The maximum atomic E-state index is 13.5. The van der Waals surface area contributed by atoms with Crippen LogP contribution in [0.1, 0.15) is 39.9 Å². The highest BCUT2D eigenvalue weighted by Gasteiger charge is 2.50. The summed E-state index contributed by atoms with van der Waals surface area (Å²) in [5.74, 6) is -0.0647. The fourth-order valence-electron chi connectivity index (χ4n) is 4.10. The van der Waals surface area contributed by atoms with Crippen LogP contribution in [0.15, 0.2) is 41.3 Å². The highest BCUT2D eigenvalue weighted by Crippen LogP contribution is 2.44. The summed E-state index contributed by atoms with van der Waals surface area (Å²) < 4.78 is 39.5. The molecule has 148 valence electrons. The van der Waals surface area contributed by atoms with Gasteiger partial charge in [0.15, 0.2) is 5.60 Å².